The van der Waals surface area contributed by atoms with E-state index in [0.29, 0.717) is 12.8 Å². The number of carbonyl (C=O) groups is 2. The van der Waals surface area contributed by atoms with Gasteiger partial charge in [0.15, 0.2) is 0 Å². The Morgan fingerprint density at radius 1 is 1.33 bits per heavy atom. The Labute approximate surface area is 184 Å². The van der Waals surface area contributed by atoms with Crippen LogP contribution < -0.4 is 9.99 Å². The highest BCUT2D eigenvalue weighted by Crippen LogP contribution is 2.56. The quantitative estimate of drug-likeness (QED) is 0.683. The zero-order chi connectivity index (χ0) is 22.7. The number of hydrogen-bond donors (Lipinski definition) is 2. The number of aliphatic hydroxyl groups excluding tert-OH is 1. The normalized spacial score (nSPS) is 24.3. The lowest BCUT2D eigenvalue weighted by molar-refractivity contribution is -0.138. The van der Waals surface area contributed by atoms with Gasteiger partial charge in [0, 0.05) is 29.8 Å². The number of nitrogens with one attached hydrogen (secondary N) is 1. The summed E-state index contributed by atoms with van der Waals surface area (Å²) in [4.78, 5) is 30.7. The van der Waals surface area contributed by atoms with Crippen LogP contribution in [0.2, 0.25) is 0 Å². The molecule has 0 saturated heterocycles. The molecule has 1 aliphatic rings. The van der Waals surface area contributed by atoms with Crippen LogP contribution in [0.1, 0.15) is 79.7 Å². The second kappa shape index (κ2) is 9.35. The maximum Gasteiger partial charge on any atom is 0.250 e. The molecule has 0 radical (unpaired) electrons. The van der Waals surface area contributed by atoms with E-state index < -0.39 is 10.8 Å². The first-order valence-electron chi connectivity index (χ1n) is 11.1. The minimum Gasteiger partial charge on any atom is -0.395 e. The van der Waals surface area contributed by atoms with Crippen molar-refractivity contribution in [2.45, 2.75) is 86.1 Å². The van der Waals surface area contributed by atoms with Gasteiger partial charge in [0.1, 0.15) is 4.67 Å². The van der Waals surface area contributed by atoms with Crippen molar-refractivity contribution < 1.29 is 14.7 Å². The lowest BCUT2D eigenvalue weighted by Crippen LogP contribution is -2.48. The molecular weight excluding hydrogens is 398 g/mol. The number of hydrogen-bond acceptors (Lipinski definition) is 4. The summed E-state index contributed by atoms with van der Waals surface area (Å²) in [5.41, 5.74) is -0.111. The largest absolute Gasteiger partial charge is 0.395 e. The second-order valence-corrected chi connectivity index (χ2v) is 11.2. The second-order valence-electron chi connectivity index (χ2n) is 10.2. The first-order chi connectivity index (χ1) is 13.9. The third-order valence-corrected chi connectivity index (χ3v) is 8.20. The van der Waals surface area contributed by atoms with Crippen molar-refractivity contribution >= 4 is 23.3 Å². The number of carbonyl (C=O) groups excluding carboxylic acids is 2. The van der Waals surface area contributed by atoms with Crippen LogP contribution in [0.15, 0.2) is 11.2 Å². The number of rotatable bonds is 7. The van der Waals surface area contributed by atoms with E-state index in [-0.39, 0.29) is 36.4 Å². The summed E-state index contributed by atoms with van der Waals surface area (Å²) in [6.45, 7) is 14.7. The third kappa shape index (κ3) is 4.88. The maximum atomic E-state index is 13.3. The van der Waals surface area contributed by atoms with Gasteiger partial charge in [0.05, 0.1) is 12.0 Å². The van der Waals surface area contributed by atoms with Crippen molar-refractivity contribution in [1.29, 1.82) is 0 Å². The van der Waals surface area contributed by atoms with Crippen molar-refractivity contribution in [3.8, 4) is 0 Å². The molecule has 2 rings (SSSR count). The van der Waals surface area contributed by atoms with Gasteiger partial charge >= 0.3 is 0 Å². The lowest BCUT2D eigenvalue weighted by atomic mass is 9.65. The van der Waals surface area contributed by atoms with Crippen LogP contribution in [0.5, 0.6) is 0 Å². The molecule has 170 valence electrons. The van der Waals surface area contributed by atoms with Gasteiger partial charge in [-0.3, -0.25) is 13.5 Å². The molecule has 0 unspecified atom stereocenters. The lowest BCUT2D eigenvalue weighted by Gasteiger charge is -2.39. The molecule has 0 spiro atoms. The zero-order valence-electron chi connectivity index (χ0n) is 19.7. The number of unbranched alkanes of at least 4 members (excludes halogenated alkanes) is 1. The van der Waals surface area contributed by atoms with Crippen LogP contribution in [0.4, 0.5) is 0 Å². The molecule has 1 aromatic heterocycles. The Balaban J connectivity index is 2.36. The number of nitrogens with zero attached hydrogens (tertiary/aromatic N) is 2. The summed E-state index contributed by atoms with van der Waals surface area (Å²) in [6, 6.07) is 0. The van der Waals surface area contributed by atoms with E-state index in [1.807, 2.05) is 20.8 Å². The van der Waals surface area contributed by atoms with E-state index >= 15 is 0 Å². The van der Waals surface area contributed by atoms with E-state index in [4.69, 9.17) is 5.11 Å². The molecular formula is C23H39N3O3S. The fourth-order valence-electron chi connectivity index (χ4n) is 4.22. The SMILES string of the molecule is CCCCc1cn(C(C)(C)C)sc1=NC(=O)[C@@H]1CC[C@](C)(C(=O)NCCO)C1(C)C. The Morgan fingerprint density at radius 3 is 2.57 bits per heavy atom. The standard InChI is InChI=1S/C23H39N3O3S/c1-8-9-10-16-15-26(21(2,3)4)30-19(16)25-18(28)17-11-12-23(7,22(17,5)6)20(29)24-13-14-27/h15,17,27H,8-14H2,1-7H3,(H,24,29)/t17-,23+/m0/s1. The molecule has 0 aromatic carbocycles. The maximum absolute atomic E-state index is 13.3. The molecule has 1 aromatic rings. The topological polar surface area (TPSA) is 83.7 Å². The van der Waals surface area contributed by atoms with Gasteiger partial charge in [-0.15, -0.1) is 0 Å². The van der Waals surface area contributed by atoms with Crippen molar-refractivity contribution in [2.75, 3.05) is 13.2 Å². The summed E-state index contributed by atoms with van der Waals surface area (Å²) in [5, 5.41) is 11.8. The monoisotopic (exact) mass is 437 g/mol. The van der Waals surface area contributed by atoms with E-state index in [9.17, 15) is 9.59 Å². The van der Waals surface area contributed by atoms with E-state index in [2.05, 4.69) is 48.2 Å². The highest BCUT2D eigenvalue weighted by molar-refractivity contribution is 7.04. The smallest absolute Gasteiger partial charge is 0.250 e. The van der Waals surface area contributed by atoms with Gasteiger partial charge in [-0.2, -0.15) is 0 Å². The van der Waals surface area contributed by atoms with Gasteiger partial charge in [-0.25, -0.2) is 4.99 Å². The molecule has 2 N–H and O–H groups in total. The molecule has 1 aliphatic carbocycles. The summed E-state index contributed by atoms with van der Waals surface area (Å²) < 4.78 is 2.98. The van der Waals surface area contributed by atoms with Gasteiger partial charge in [-0.1, -0.05) is 34.1 Å². The average Bonchev–Trinajstić information content (AvgIpc) is 3.16. The van der Waals surface area contributed by atoms with Gasteiger partial charge < -0.3 is 10.4 Å². The van der Waals surface area contributed by atoms with E-state index in [1.54, 1.807) is 11.5 Å². The Kier molecular flexibility index (Phi) is 7.73. The van der Waals surface area contributed by atoms with Gasteiger partial charge in [0.25, 0.3) is 5.91 Å². The number of amides is 2. The Hall–Kier alpha value is -1.47. The predicted molar refractivity (Wildman–Crippen MR) is 121 cm³/mol. The van der Waals surface area contributed by atoms with Crippen molar-refractivity contribution in [1.82, 2.24) is 9.27 Å². The molecule has 1 saturated carbocycles. The summed E-state index contributed by atoms with van der Waals surface area (Å²) in [5.74, 6) is -0.520. The third-order valence-electron chi connectivity index (χ3n) is 6.83. The fraction of sp³-hybridized carbons (Fsp3) is 0.783. The molecule has 1 heterocycles. The zero-order valence-corrected chi connectivity index (χ0v) is 20.5. The minimum absolute atomic E-state index is 0.0571. The van der Waals surface area contributed by atoms with Crippen LogP contribution in [0, 0.1) is 16.7 Å². The van der Waals surface area contributed by atoms with Crippen molar-refractivity contribution in [3.05, 3.63) is 16.4 Å². The Bertz CT molecular complexity index is 831. The molecule has 2 atom stereocenters. The van der Waals surface area contributed by atoms with E-state index in [0.717, 1.165) is 29.5 Å². The average molecular weight is 438 g/mol. The molecule has 6 nitrogen and oxygen atoms in total. The molecule has 0 bridgehead atoms. The van der Waals surface area contributed by atoms with Crippen LogP contribution in [-0.2, 0) is 21.5 Å². The highest BCUT2D eigenvalue weighted by atomic mass is 32.1. The van der Waals surface area contributed by atoms with Crippen molar-refractivity contribution in [3.63, 3.8) is 0 Å². The van der Waals surface area contributed by atoms with Crippen LogP contribution in [0.3, 0.4) is 0 Å². The predicted octanol–water partition coefficient (Wildman–Crippen LogP) is 3.63. The summed E-state index contributed by atoms with van der Waals surface area (Å²) >= 11 is 1.54. The molecule has 7 heteroatoms. The number of aromatic nitrogens is 1. The first kappa shape index (κ1) is 24.8. The van der Waals surface area contributed by atoms with Gasteiger partial charge in [-0.05, 0) is 63.4 Å². The van der Waals surface area contributed by atoms with Crippen LogP contribution in [0.25, 0.3) is 0 Å². The van der Waals surface area contributed by atoms with E-state index in [1.165, 1.54) is 0 Å². The van der Waals surface area contributed by atoms with Crippen molar-refractivity contribution in [2.24, 2.45) is 21.7 Å². The molecule has 1 fully saturated rings. The number of aryl methyl sites for hydroxylation is 1. The molecule has 0 aliphatic heterocycles. The highest BCUT2D eigenvalue weighted by Gasteiger charge is 2.57. The Morgan fingerprint density at radius 2 is 2.00 bits per heavy atom. The summed E-state index contributed by atoms with van der Waals surface area (Å²) in [7, 11) is 0. The van der Waals surface area contributed by atoms with Gasteiger partial charge in [0.2, 0.25) is 5.91 Å². The molecule has 30 heavy (non-hydrogen) atoms. The first-order valence-corrected chi connectivity index (χ1v) is 11.9. The fourth-order valence-corrected chi connectivity index (χ4v) is 5.26. The molecule has 2 amide bonds. The van der Waals surface area contributed by atoms with Crippen LogP contribution in [-0.4, -0.2) is 34.0 Å². The number of aliphatic hydroxyl groups is 1. The van der Waals surface area contributed by atoms with Crippen LogP contribution >= 0.6 is 11.5 Å². The summed E-state index contributed by atoms with van der Waals surface area (Å²) in [6.07, 6.45) is 6.49. The minimum atomic E-state index is -0.663.